The number of aliphatic hydroxyl groups is 1. The summed E-state index contributed by atoms with van der Waals surface area (Å²) in [4.78, 5) is 0. The van der Waals surface area contributed by atoms with Crippen LogP contribution in [-0.2, 0) is 38.8 Å². The van der Waals surface area contributed by atoms with E-state index < -0.39 is 24.1 Å². The van der Waals surface area contributed by atoms with Gasteiger partial charge in [0.05, 0.1) is 26.4 Å². The highest BCUT2D eigenvalue weighted by Crippen LogP contribution is 2.35. The van der Waals surface area contributed by atoms with Gasteiger partial charge in [0.2, 0.25) is 0 Å². The quantitative estimate of drug-likeness (QED) is 0.477. The molecule has 0 spiro atoms. The summed E-state index contributed by atoms with van der Waals surface area (Å²) >= 11 is 0. The molecule has 0 radical (unpaired) electrons. The Kier molecular flexibility index (Phi) is 7.90. The molecule has 170 valence electrons. The van der Waals surface area contributed by atoms with Crippen molar-refractivity contribution < 1.29 is 24.1 Å². The van der Waals surface area contributed by atoms with Crippen LogP contribution in [0.4, 0.5) is 0 Å². The van der Waals surface area contributed by atoms with E-state index in [0.29, 0.717) is 13.2 Å². The fourth-order valence-electron chi connectivity index (χ4n) is 3.82. The van der Waals surface area contributed by atoms with Crippen molar-refractivity contribution in [2.45, 2.75) is 43.9 Å². The smallest absolute Gasteiger partial charge is 0.261 e. The molecular formula is C28H28O5. The Morgan fingerprint density at radius 3 is 1.76 bits per heavy atom. The zero-order valence-electron chi connectivity index (χ0n) is 18.4. The van der Waals surface area contributed by atoms with Crippen molar-refractivity contribution in [3.05, 3.63) is 108 Å². The average Bonchev–Trinajstić information content (AvgIpc) is 3.14. The predicted molar refractivity (Wildman–Crippen MR) is 125 cm³/mol. The zero-order valence-corrected chi connectivity index (χ0v) is 18.4. The summed E-state index contributed by atoms with van der Waals surface area (Å²) < 4.78 is 24.1. The van der Waals surface area contributed by atoms with Gasteiger partial charge in [-0.25, -0.2) is 0 Å². The van der Waals surface area contributed by atoms with Crippen LogP contribution < -0.4 is 0 Å². The summed E-state index contributed by atoms with van der Waals surface area (Å²) in [6.45, 7) is 1.21. The molecule has 3 aromatic rings. The maximum absolute atomic E-state index is 11.1. The van der Waals surface area contributed by atoms with Crippen molar-refractivity contribution >= 4 is 0 Å². The highest BCUT2D eigenvalue weighted by atomic mass is 16.7. The topological polar surface area (TPSA) is 57.2 Å². The van der Waals surface area contributed by atoms with Gasteiger partial charge < -0.3 is 24.1 Å². The van der Waals surface area contributed by atoms with Crippen molar-refractivity contribution in [1.29, 1.82) is 0 Å². The van der Waals surface area contributed by atoms with Gasteiger partial charge in [0.25, 0.3) is 5.79 Å². The Labute approximate surface area is 194 Å². The van der Waals surface area contributed by atoms with Gasteiger partial charge >= 0.3 is 0 Å². The predicted octanol–water partition coefficient (Wildman–Crippen LogP) is 4.09. The van der Waals surface area contributed by atoms with Crippen LogP contribution in [0.3, 0.4) is 0 Å². The van der Waals surface area contributed by atoms with Gasteiger partial charge in [-0.3, -0.25) is 0 Å². The average molecular weight is 445 g/mol. The standard InChI is InChI=1S/C28H28O5/c1-2-28(29)27(32-20-24-16-10-5-11-17-24)26(31-19-23-14-8-4-9-15-23)25(33-28)21-30-18-22-12-6-3-7-13-22/h1,3-17,25-27,29H,18-21H2/t25-,26-,27+,28?/m1/s1. The van der Waals surface area contributed by atoms with E-state index in [4.69, 9.17) is 25.4 Å². The lowest BCUT2D eigenvalue weighted by molar-refractivity contribution is -0.204. The molecule has 1 fully saturated rings. The minimum atomic E-state index is -1.92. The lowest BCUT2D eigenvalue weighted by Crippen LogP contribution is -2.45. The molecule has 4 atom stereocenters. The summed E-state index contributed by atoms with van der Waals surface area (Å²) in [5, 5.41) is 11.1. The first kappa shape index (κ1) is 23.2. The van der Waals surface area contributed by atoms with Gasteiger partial charge in [0.1, 0.15) is 12.2 Å². The second-order valence-electron chi connectivity index (χ2n) is 7.98. The van der Waals surface area contributed by atoms with Gasteiger partial charge in [0, 0.05) is 0 Å². The molecule has 0 aliphatic carbocycles. The monoisotopic (exact) mass is 444 g/mol. The van der Waals surface area contributed by atoms with E-state index in [2.05, 4.69) is 5.92 Å². The molecule has 33 heavy (non-hydrogen) atoms. The molecule has 3 aromatic carbocycles. The third-order valence-corrected chi connectivity index (χ3v) is 5.54. The molecule has 0 saturated carbocycles. The first-order valence-corrected chi connectivity index (χ1v) is 11.0. The van der Waals surface area contributed by atoms with Crippen LogP contribution in [0.1, 0.15) is 16.7 Å². The lowest BCUT2D eigenvalue weighted by Gasteiger charge is -2.26. The third-order valence-electron chi connectivity index (χ3n) is 5.54. The Hall–Kier alpha value is -2.98. The van der Waals surface area contributed by atoms with Crippen molar-refractivity contribution in [2.75, 3.05) is 6.61 Å². The highest BCUT2D eigenvalue weighted by molar-refractivity contribution is 5.18. The van der Waals surface area contributed by atoms with Crippen molar-refractivity contribution in [2.24, 2.45) is 0 Å². The van der Waals surface area contributed by atoms with Gasteiger partial charge in [-0.1, -0.05) is 91.0 Å². The SMILES string of the molecule is C#CC1(O)O[C@H](COCc2ccccc2)[C@@H](OCc2ccccc2)[C@@H]1OCc1ccccc1. The van der Waals surface area contributed by atoms with Crippen LogP contribution in [0.25, 0.3) is 0 Å². The second-order valence-corrected chi connectivity index (χ2v) is 7.98. The van der Waals surface area contributed by atoms with Crippen LogP contribution in [-0.4, -0.2) is 35.8 Å². The number of hydrogen-bond acceptors (Lipinski definition) is 5. The maximum atomic E-state index is 11.1. The molecule has 0 aromatic heterocycles. The maximum Gasteiger partial charge on any atom is 0.261 e. The van der Waals surface area contributed by atoms with E-state index in [1.165, 1.54) is 0 Å². The second kappa shape index (κ2) is 11.2. The van der Waals surface area contributed by atoms with Crippen molar-refractivity contribution in [3.8, 4) is 12.3 Å². The van der Waals surface area contributed by atoms with Crippen molar-refractivity contribution in [3.63, 3.8) is 0 Å². The normalized spacial score (nSPS) is 24.4. The Bertz CT molecular complexity index is 1020. The first-order chi connectivity index (χ1) is 16.2. The molecule has 5 nitrogen and oxygen atoms in total. The summed E-state index contributed by atoms with van der Waals surface area (Å²) in [7, 11) is 0. The van der Waals surface area contributed by atoms with Gasteiger partial charge in [-0.05, 0) is 22.6 Å². The van der Waals surface area contributed by atoms with E-state index in [0.717, 1.165) is 16.7 Å². The number of hydrogen-bond donors (Lipinski definition) is 1. The minimum absolute atomic E-state index is 0.198. The molecule has 1 heterocycles. The molecule has 1 aliphatic heterocycles. The van der Waals surface area contributed by atoms with Gasteiger partial charge in [-0.15, -0.1) is 6.42 Å². The molecule has 0 bridgehead atoms. The minimum Gasteiger partial charge on any atom is -0.374 e. The Balaban J connectivity index is 1.48. The van der Waals surface area contributed by atoms with Crippen LogP contribution in [0, 0.1) is 12.3 Å². The molecular weight excluding hydrogens is 416 g/mol. The van der Waals surface area contributed by atoms with E-state index in [9.17, 15) is 5.11 Å². The van der Waals surface area contributed by atoms with E-state index in [-0.39, 0.29) is 13.2 Å². The Morgan fingerprint density at radius 1 is 0.758 bits per heavy atom. The molecule has 1 N–H and O–H groups in total. The highest BCUT2D eigenvalue weighted by Gasteiger charge is 2.55. The zero-order chi connectivity index (χ0) is 22.9. The number of rotatable bonds is 10. The largest absolute Gasteiger partial charge is 0.374 e. The molecule has 1 aliphatic rings. The van der Waals surface area contributed by atoms with Gasteiger partial charge in [0.15, 0.2) is 6.10 Å². The summed E-state index contributed by atoms with van der Waals surface area (Å²) in [5.74, 6) is 0.446. The molecule has 0 amide bonds. The third kappa shape index (κ3) is 6.08. The fourth-order valence-corrected chi connectivity index (χ4v) is 3.82. The molecule has 5 heteroatoms. The van der Waals surface area contributed by atoms with Crippen LogP contribution in [0.15, 0.2) is 91.0 Å². The number of ether oxygens (including phenoxy) is 4. The fraction of sp³-hybridized carbons (Fsp3) is 0.286. The van der Waals surface area contributed by atoms with Crippen molar-refractivity contribution in [1.82, 2.24) is 0 Å². The van der Waals surface area contributed by atoms with Crippen LogP contribution >= 0.6 is 0 Å². The number of benzene rings is 3. The van der Waals surface area contributed by atoms with Gasteiger partial charge in [-0.2, -0.15) is 0 Å². The van der Waals surface area contributed by atoms with Crippen LogP contribution in [0.2, 0.25) is 0 Å². The van der Waals surface area contributed by atoms with E-state index >= 15 is 0 Å². The summed E-state index contributed by atoms with van der Waals surface area (Å²) in [5.41, 5.74) is 3.00. The Morgan fingerprint density at radius 2 is 1.24 bits per heavy atom. The summed E-state index contributed by atoms with van der Waals surface area (Å²) in [6, 6.07) is 29.4. The lowest BCUT2D eigenvalue weighted by atomic mass is 10.0. The van der Waals surface area contributed by atoms with Crippen LogP contribution in [0.5, 0.6) is 0 Å². The number of terminal acetylenes is 1. The van der Waals surface area contributed by atoms with E-state index in [1.54, 1.807) is 0 Å². The first-order valence-electron chi connectivity index (χ1n) is 11.0. The molecule has 1 unspecified atom stereocenters. The molecule has 1 saturated heterocycles. The summed E-state index contributed by atoms with van der Waals surface area (Å²) in [6.07, 6.45) is 3.58. The molecule has 4 rings (SSSR count). The van der Waals surface area contributed by atoms with E-state index in [1.807, 2.05) is 91.0 Å².